The molecule has 8 heteroatoms. The van der Waals surface area contributed by atoms with Crippen LogP contribution in [0.2, 0.25) is 0 Å². The number of fused-ring (bicyclic) bond motifs is 2. The average molecular weight is 496 g/mol. The molecule has 192 valence electrons. The van der Waals surface area contributed by atoms with Crippen LogP contribution in [0.5, 0.6) is 28.7 Å². The van der Waals surface area contributed by atoms with Crippen LogP contribution in [0.3, 0.4) is 0 Å². The fraction of sp³-hybridized carbons (Fsp3) is 0.464. The second kappa shape index (κ2) is 9.93. The summed E-state index contributed by atoms with van der Waals surface area (Å²) in [6.07, 6.45) is 7.59. The second-order valence-corrected chi connectivity index (χ2v) is 9.59. The van der Waals surface area contributed by atoms with E-state index >= 15 is 0 Å². The van der Waals surface area contributed by atoms with Crippen LogP contribution in [-0.4, -0.2) is 56.2 Å². The van der Waals surface area contributed by atoms with E-state index in [1.165, 1.54) is 0 Å². The van der Waals surface area contributed by atoms with Crippen LogP contribution in [0.25, 0.3) is 6.08 Å². The molecule has 1 N–H and O–H groups in total. The molecular formula is C28H33NO7. The summed E-state index contributed by atoms with van der Waals surface area (Å²) in [5, 5.41) is 11.5. The van der Waals surface area contributed by atoms with Gasteiger partial charge in [-0.15, -0.1) is 0 Å². The molecule has 1 aliphatic carbocycles. The van der Waals surface area contributed by atoms with Crippen molar-refractivity contribution in [3.05, 3.63) is 47.5 Å². The van der Waals surface area contributed by atoms with E-state index in [1.54, 1.807) is 45.6 Å². The topological polar surface area (TPSA) is 86.7 Å². The zero-order valence-corrected chi connectivity index (χ0v) is 21.0. The highest BCUT2D eigenvalue weighted by Crippen LogP contribution is 2.50. The molecule has 1 saturated heterocycles. The van der Waals surface area contributed by atoms with Crippen LogP contribution in [-0.2, 0) is 4.79 Å². The first-order chi connectivity index (χ1) is 17.5. The first-order valence-electron chi connectivity index (χ1n) is 12.4. The van der Waals surface area contributed by atoms with E-state index in [0.717, 1.165) is 36.8 Å². The Hall–Kier alpha value is -3.39. The summed E-state index contributed by atoms with van der Waals surface area (Å²) in [5.74, 6) is 2.77. The standard InChI is InChI=1S/C28H33NO7/c1-32-23-14-18(15-24(33-2)27(23)34-3)7-10-25(30)29-13-12-28(31)11-5-4-6-20(28)26(29)19-8-9-21-22(16-19)36-17-35-21/h7-10,14-16,20,26,31H,4-6,11-13,17H2,1-3H3/b10-7+/t20-,26-,28+/m0/s1. The third-order valence-corrected chi connectivity index (χ3v) is 7.69. The van der Waals surface area contributed by atoms with Gasteiger partial charge >= 0.3 is 0 Å². The molecule has 2 heterocycles. The van der Waals surface area contributed by atoms with Gasteiger partial charge in [0.05, 0.1) is 33.0 Å². The van der Waals surface area contributed by atoms with Crippen molar-refractivity contribution in [2.45, 2.75) is 43.7 Å². The van der Waals surface area contributed by atoms with Crippen molar-refractivity contribution in [1.82, 2.24) is 4.90 Å². The van der Waals surface area contributed by atoms with Gasteiger partial charge in [-0.1, -0.05) is 18.9 Å². The molecule has 0 unspecified atom stereocenters. The maximum atomic E-state index is 13.6. The van der Waals surface area contributed by atoms with Crippen molar-refractivity contribution in [1.29, 1.82) is 0 Å². The summed E-state index contributed by atoms with van der Waals surface area (Å²) < 4.78 is 27.4. The van der Waals surface area contributed by atoms with Gasteiger partial charge in [-0.05, 0) is 60.7 Å². The van der Waals surface area contributed by atoms with Crippen LogP contribution < -0.4 is 23.7 Å². The number of hydrogen-bond acceptors (Lipinski definition) is 7. The first kappa shape index (κ1) is 24.3. The normalized spacial score (nSPS) is 24.9. The molecular weight excluding hydrogens is 462 g/mol. The molecule has 8 nitrogen and oxygen atoms in total. The first-order valence-corrected chi connectivity index (χ1v) is 12.4. The Labute approximate surface area is 211 Å². The monoisotopic (exact) mass is 495 g/mol. The van der Waals surface area contributed by atoms with E-state index in [4.69, 9.17) is 23.7 Å². The Kier molecular flexibility index (Phi) is 6.71. The third-order valence-electron chi connectivity index (χ3n) is 7.69. The predicted molar refractivity (Wildman–Crippen MR) is 134 cm³/mol. The summed E-state index contributed by atoms with van der Waals surface area (Å²) in [6.45, 7) is 0.668. The highest BCUT2D eigenvalue weighted by molar-refractivity contribution is 5.92. The quantitative estimate of drug-likeness (QED) is 0.597. The SMILES string of the molecule is COc1cc(/C=C/C(=O)N2CC[C@]3(O)CCCC[C@H]3[C@@H]2c2ccc3c(c2)OCO3)cc(OC)c1OC. The molecule has 1 saturated carbocycles. The number of carbonyl (C=O) groups is 1. The third kappa shape index (κ3) is 4.34. The average Bonchev–Trinajstić information content (AvgIpc) is 3.38. The Bertz CT molecular complexity index is 1140. The van der Waals surface area contributed by atoms with Gasteiger partial charge < -0.3 is 33.7 Å². The minimum Gasteiger partial charge on any atom is -0.493 e. The van der Waals surface area contributed by atoms with E-state index < -0.39 is 5.60 Å². The number of piperidine rings is 1. The van der Waals surface area contributed by atoms with E-state index in [2.05, 4.69) is 0 Å². The van der Waals surface area contributed by atoms with Crippen LogP contribution in [0.15, 0.2) is 36.4 Å². The number of nitrogens with zero attached hydrogens (tertiary/aromatic N) is 1. The smallest absolute Gasteiger partial charge is 0.247 e. The van der Waals surface area contributed by atoms with Crippen LogP contribution in [0.4, 0.5) is 0 Å². The maximum Gasteiger partial charge on any atom is 0.247 e. The Morgan fingerprint density at radius 2 is 1.78 bits per heavy atom. The van der Waals surface area contributed by atoms with E-state index in [9.17, 15) is 9.90 Å². The number of ether oxygens (including phenoxy) is 5. The second-order valence-electron chi connectivity index (χ2n) is 9.59. The minimum atomic E-state index is -0.767. The molecule has 5 rings (SSSR count). The molecule has 2 fully saturated rings. The van der Waals surface area contributed by atoms with Crippen molar-refractivity contribution in [3.63, 3.8) is 0 Å². The molecule has 3 atom stereocenters. The number of aliphatic hydroxyl groups is 1. The number of methoxy groups -OCH3 is 3. The Morgan fingerprint density at radius 1 is 1.03 bits per heavy atom. The fourth-order valence-corrected chi connectivity index (χ4v) is 5.90. The number of benzene rings is 2. The summed E-state index contributed by atoms with van der Waals surface area (Å²) in [6, 6.07) is 9.18. The molecule has 0 spiro atoms. The summed E-state index contributed by atoms with van der Waals surface area (Å²) in [7, 11) is 4.67. The van der Waals surface area contributed by atoms with Crippen LogP contribution >= 0.6 is 0 Å². The van der Waals surface area contributed by atoms with Gasteiger partial charge in [0.25, 0.3) is 0 Å². The molecule has 0 bridgehead atoms. The van der Waals surface area contributed by atoms with E-state index in [-0.39, 0.29) is 24.7 Å². The van der Waals surface area contributed by atoms with Gasteiger partial charge in [0, 0.05) is 18.5 Å². The van der Waals surface area contributed by atoms with Crippen molar-refractivity contribution >= 4 is 12.0 Å². The fourth-order valence-electron chi connectivity index (χ4n) is 5.90. The largest absolute Gasteiger partial charge is 0.493 e. The highest BCUT2D eigenvalue weighted by Gasteiger charge is 2.50. The van der Waals surface area contributed by atoms with Crippen molar-refractivity contribution < 1.29 is 33.6 Å². The highest BCUT2D eigenvalue weighted by atomic mass is 16.7. The number of hydrogen-bond donors (Lipinski definition) is 1. The lowest BCUT2D eigenvalue weighted by molar-refractivity contribution is -0.150. The number of carbonyl (C=O) groups excluding carboxylic acids is 1. The summed E-state index contributed by atoms with van der Waals surface area (Å²) >= 11 is 0. The van der Waals surface area contributed by atoms with Crippen LogP contribution in [0.1, 0.15) is 49.3 Å². The van der Waals surface area contributed by atoms with Gasteiger partial charge in [0.15, 0.2) is 23.0 Å². The number of likely N-dealkylation sites (tertiary alicyclic amines) is 1. The van der Waals surface area contributed by atoms with Crippen molar-refractivity contribution in [2.24, 2.45) is 5.92 Å². The molecule has 36 heavy (non-hydrogen) atoms. The van der Waals surface area contributed by atoms with Gasteiger partial charge in [0.1, 0.15) is 0 Å². The zero-order valence-electron chi connectivity index (χ0n) is 21.0. The molecule has 0 aromatic heterocycles. The molecule has 1 amide bonds. The molecule has 2 aromatic carbocycles. The number of amides is 1. The minimum absolute atomic E-state index is 0.0427. The van der Waals surface area contributed by atoms with Gasteiger partial charge in [-0.3, -0.25) is 4.79 Å². The maximum absolute atomic E-state index is 13.6. The molecule has 0 radical (unpaired) electrons. The van der Waals surface area contributed by atoms with E-state index in [0.29, 0.717) is 41.7 Å². The van der Waals surface area contributed by atoms with Gasteiger partial charge in [-0.25, -0.2) is 0 Å². The lowest BCUT2D eigenvalue weighted by atomic mass is 9.66. The van der Waals surface area contributed by atoms with Gasteiger partial charge in [-0.2, -0.15) is 0 Å². The predicted octanol–water partition coefficient (Wildman–Crippen LogP) is 4.35. The zero-order chi connectivity index (χ0) is 25.3. The Balaban J connectivity index is 1.47. The summed E-state index contributed by atoms with van der Waals surface area (Å²) in [4.78, 5) is 15.5. The molecule has 3 aliphatic rings. The van der Waals surface area contributed by atoms with Crippen molar-refractivity contribution in [2.75, 3.05) is 34.7 Å². The van der Waals surface area contributed by atoms with Crippen LogP contribution in [0, 0.1) is 5.92 Å². The lowest BCUT2D eigenvalue weighted by Gasteiger charge is -2.52. The molecule has 2 aliphatic heterocycles. The molecule has 2 aromatic rings. The van der Waals surface area contributed by atoms with Gasteiger partial charge in [0.2, 0.25) is 18.4 Å². The lowest BCUT2D eigenvalue weighted by Crippen LogP contribution is -2.56. The summed E-state index contributed by atoms with van der Waals surface area (Å²) in [5.41, 5.74) is 0.943. The van der Waals surface area contributed by atoms with Crippen molar-refractivity contribution in [3.8, 4) is 28.7 Å². The van der Waals surface area contributed by atoms with E-state index in [1.807, 2.05) is 23.1 Å². The number of rotatable bonds is 6. The Morgan fingerprint density at radius 3 is 2.50 bits per heavy atom.